The van der Waals surface area contributed by atoms with Crippen LogP contribution in [0.15, 0.2) is 0 Å². The van der Waals surface area contributed by atoms with Gasteiger partial charge in [0.1, 0.15) is 0 Å². The standard InChI is InChI=1S/C14H28N2O/c1-4-16(5-2)14(17)11-15-12(3)13-9-7-6-8-10-13/h12-13,15H,4-11H2,1-3H3/t12-/m1/s1. The van der Waals surface area contributed by atoms with Crippen LogP contribution in [0.5, 0.6) is 0 Å². The maximum Gasteiger partial charge on any atom is 0.236 e. The van der Waals surface area contributed by atoms with E-state index in [-0.39, 0.29) is 5.91 Å². The Hall–Kier alpha value is -0.570. The summed E-state index contributed by atoms with van der Waals surface area (Å²) in [5.74, 6) is 1.01. The van der Waals surface area contributed by atoms with Crippen LogP contribution in [0, 0.1) is 5.92 Å². The monoisotopic (exact) mass is 240 g/mol. The highest BCUT2D eigenvalue weighted by atomic mass is 16.2. The van der Waals surface area contributed by atoms with Crippen LogP contribution in [0.25, 0.3) is 0 Å². The summed E-state index contributed by atoms with van der Waals surface area (Å²) in [6.45, 7) is 8.42. The molecule has 0 aromatic rings. The van der Waals surface area contributed by atoms with Crippen LogP contribution in [-0.4, -0.2) is 36.5 Å². The molecule has 3 heteroatoms. The molecule has 1 amide bonds. The normalized spacial score (nSPS) is 19.0. The van der Waals surface area contributed by atoms with Crippen molar-refractivity contribution in [2.75, 3.05) is 19.6 Å². The van der Waals surface area contributed by atoms with Gasteiger partial charge in [-0.3, -0.25) is 4.79 Å². The molecule has 0 unspecified atom stereocenters. The third-order valence-corrected chi connectivity index (χ3v) is 4.05. The summed E-state index contributed by atoms with van der Waals surface area (Å²) in [5, 5.41) is 3.41. The molecule has 0 bridgehead atoms. The van der Waals surface area contributed by atoms with Crippen LogP contribution in [0.4, 0.5) is 0 Å². The van der Waals surface area contributed by atoms with Gasteiger partial charge in [-0.05, 0) is 39.5 Å². The Morgan fingerprint density at radius 3 is 2.35 bits per heavy atom. The number of rotatable bonds is 6. The molecule has 1 saturated carbocycles. The van der Waals surface area contributed by atoms with Crippen molar-refractivity contribution in [3.05, 3.63) is 0 Å². The van der Waals surface area contributed by atoms with Crippen molar-refractivity contribution in [1.82, 2.24) is 10.2 Å². The Kier molecular flexibility index (Phi) is 6.56. The minimum absolute atomic E-state index is 0.234. The van der Waals surface area contributed by atoms with E-state index in [1.807, 2.05) is 18.7 Å². The number of carbonyl (C=O) groups excluding carboxylic acids is 1. The largest absolute Gasteiger partial charge is 0.342 e. The minimum atomic E-state index is 0.234. The number of hydrogen-bond acceptors (Lipinski definition) is 2. The Bertz CT molecular complexity index is 220. The van der Waals surface area contributed by atoms with Gasteiger partial charge in [0, 0.05) is 19.1 Å². The van der Waals surface area contributed by atoms with E-state index in [1.165, 1.54) is 32.1 Å². The van der Waals surface area contributed by atoms with Crippen LogP contribution in [0.1, 0.15) is 52.9 Å². The number of amides is 1. The summed E-state index contributed by atoms with van der Waals surface area (Å²) >= 11 is 0. The smallest absolute Gasteiger partial charge is 0.236 e. The highest BCUT2D eigenvalue weighted by molar-refractivity contribution is 5.78. The fourth-order valence-corrected chi connectivity index (χ4v) is 2.74. The molecule has 1 aliphatic rings. The highest BCUT2D eigenvalue weighted by Gasteiger charge is 2.20. The van der Waals surface area contributed by atoms with Crippen molar-refractivity contribution in [2.24, 2.45) is 5.92 Å². The molecule has 1 rings (SSSR count). The van der Waals surface area contributed by atoms with Gasteiger partial charge < -0.3 is 10.2 Å². The van der Waals surface area contributed by atoms with E-state index in [4.69, 9.17) is 0 Å². The summed E-state index contributed by atoms with van der Waals surface area (Å²) in [7, 11) is 0. The number of nitrogens with one attached hydrogen (secondary N) is 1. The van der Waals surface area contributed by atoms with Crippen molar-refractivity contribution in [3.63, 3.8) is 0 Å². The molecule has 1 N–H and O–H groups in total. The number of carbonyl (C=O) groups is 1. The lowest BCUT2D eigenvalue weighted by Crippen LogP contribution is -2.43. The fraction of sp³-hybridized carbons (Fsp3) is 0.929. The van der Waals surface area contributed by atoms with Gasteiger partial charge in [-0.2, -0.15) is 0 Å². The zero-order valence-electron chi connectivity index (χ0n) is 11.7. The molecule has 100 valence electrons. The first-order chi connectivity index (χ1) is 8.19. The predicted molar refractivity (Wildman–Crippen MR) is 72.0 cm³/mol. The van der Waals surface area contributed by atoms with Crippen LogP contribution in [0.3, 0.4) is 0 Å². The van der Waals surface area contributed by atoms with E-state index < -0.39 is 0 Å². The second-order valence-electron chi connectivity index (χ2n) is 5.13. The maximum atomic E-state index is 11.9. The molecule has 0 aromatic carbocycles. The maximum absolute atomic E-state index is 11.9. The average Bonchev–Trinajstić information content (AvgIpc) is 2.38. The lowest BCUT2D eigenvalue weighted by Gasteiger charge is -2.29. The molecular weight excluding hydrogens is 212 g/mol. The Labute approximate surface area is 106 Å². The molecule has 0 aliphatic heterocycles. The molecule has 0 heterocycles. The molecule has 3 nitrogen and oxygen atoms in total. The summed E-state index contributed by atoms with van der Waals surface area (Å²) < 4.78 is 0. The Morgan fingerprint density at radius 2 is 1.82 bits per heavy atom. The van der Waals surface area contributed by atoms with Crippen LogP contribution in [-0.2, 0) is 4.79 Å². The van der Waals surface area contributed by atoms with Crippen molar-refractivity contribution < 1.29 is 4.79 Å². The number of hydrogen-bond donors (Lipinski definition) is 1. The van der Waals surface area contributed by atoms with Gasteiger partial charge in [0.25, 0.3) is 0 Å². The molecular formula is C14H28N2O. The number of likely N-dealkylation sites (N-methyl/N-ethyl adjacent to an activating group) is 1. The van der Waals surface area contributed by atoms with E-state index in [0.29, 0.717) is 12.6 Å². The van der Waals surface area contributed by atoms with Crippen molar-refractivity contribution >= 4 is 5.91 Å². The van der Waals surface area contributed by atoms with E-state index in [0.717, 1.165) is 19.0 Å². The van der Waals surface area contributed by atoms with Crippen molar-refractivity contribution in [1.29, 1.82) is 0 Å². The van der Waals surface area contributed by atoms with Gasteiger partial charge in [0.15, 0.2) is 0 Å². The first kappa shape index (κ1) is 14.5. The zero-order valence-corrected chi connectivity index (χ0v) is 11.7. The minimum Gasteiger partial charge on any atom is -0.342 e. The van der Waals surface area contributed by atoms with Gasteiger partial charge in [-0.15, -0.1) is 0 Å². The molecule has 0 radical (unpaired) electrons. The van der Waals surface area contributed by atoms with Crippen LogP contribution in [0.2, 0.25) is 0 Å². The van der Waals surface area contributed by atoms with Gasteiger partial charge >= 0.3 is 0 Å². The van der Waals surface area contributed by atoms with Gasteiger partial charge in [-0.1, -0.05) is 19.3 Å². The molecule has 0 aromatic heterocycles. The molecule has 1 fully saturated rings. The van der Waals surface area contributed by atoms with Crippen LogP contribution >= 0.6 is 0 Å². The van der Waals surface area contributed by atoms with Gasteiger partial charge in [-0.25, -0.2) is 0 Å². The van der Waals surface area contributed by atoms with Crippen molar-refractivity contribution in [3.8, 4) is 0 Å². The van der Waals surface area contributed by atoms with Crippen LogP contribution < -0.4 is 5.32 Å². The SMILES string of the molecule is CCN(CC)C(=O)CN[C@H](C)C1CCCCC1. The second-order valence-corrected chi connectivity index (χ2v) is 5.13. The molecule has 17 heavy (non-hydrogen) atoms. The van der Waals surface area contributed by atoms with Crippen molar-refractivity contribution in [2.45, 2.75) is 58.9 Å². The summed E-state index contributed by atoms with van der Waals surface area (Å²) in [6, 6.07) is 0.481. The molecule has 0 spiro atoms. The lowest BCUT2D eigenvalue weighted by molar-refractivity contribution is -0.130. The third-order valence-electron chi connectivity index (χ3n) is 4.05. The summed E-state index contributed by atoms with van der Waals surface area (Å²) in [5.41, 5.74) is 0. The first-order valence-corrected chi connectivity index (χ1v) is 7.20. The van der Waals surface area contributed by atoms with Gasteiger partial charge in [0.05, 0.1) is 6.54 Å². The zero-order chi connectivity index (χ0) is 12.7. The topological polar surface area (TPSA) is 32.3 Å². The average molecular weight is 240 g/mol. The summed E-state index contributed by atoms with van der Waals surface area (Å²) in [6.07, 6.45) is 6.77. The summed E-state index contributed by atoms with van der Waals surface area (Å²) in [4.78, 5) is 13.7. The van der Waals surface area contributed by atoms with E-state index >= 15 is 0 Å². The predicted octanol–water partition coefficient (Wildman–Crippen LogP) is 2.41. The van der Waals surface area contributed by atoms with Gasteiger partial charge in [0.2, 0.25) is 5.91 Å². The number of nitrogens with zero attached hydrogens (tertiary/aromatic N) is 1. The molecule has 1 aliphatic carbocycles. The lowest BCUT2D eigenvalue weighted by atomic mass is 9.84. The Balaban J connectivity index is 2.26. The van der Waals surface area contributed by atoms with E-state index in [9.17, 15) is 4.79 Å². The second kappa shape index (κ2) is 7.70. The highest BCUT2D eigenvalue weighted by Crippen LogP contribution is 2.26. The molecule has 1 atom stereocenters. The van der Waals surface area contributed by atoms with E-state index in [2.05, 4.69) is 12.2 Å². The van der Waals surface area contributed by atoms with E-state index in [1.54, 1.807) is 0 Å². The molecule has 0 saturated heterocycles. The third kappa shape index (κ3) is 4.66. The first-order valence-electron chi connectivity index (χ1n) is 7.20. The Morgan fingerprint density at radius 1 is 1.24 bits per heavy atom. The fourth-order valence-electron chi connectivity index (χ4n) is 2.74. The quantitative estimate of drug-likeness (QED) is 0.773.